The summed E-state index contributed by atoms with van der Waals surface area (Å²) in [6.45, 7) is 2.90. The van der Waals surface area contributed by atoms with Crippen LogP contribution in [0.2, 0.25) is 0 Å². The molecule has 1 aromatic carbocycles. The lowest BCUT2D eigenvalue weighted by atomic mass is 9.98. The molecular weight excluding hydrogens is 226 g/mol. The number of nitrogens with one attached hydrogen (secondary N) is 1. The van der Waals surface area contributed by atoms with Gasteiger partial charge in [0.1, 0.15) is 0 Å². The number of nitrogens with zero attached hydrogens (tertiary/aromatic N) is 1. The lowest BCUT2D eigenvalue weighted by Crippen LogP contribution is -2.35. The third-order valence-corrected chi connectivity index (χ3v) is 4.14. The highest BCUT2D eigenvalue weighted by molar-refractivity contribution is 5.92. The Labute approximate surface area is 107 Å². The van der Waals surface area contributed by atoms with Gasteiger partial charge in [-0.25, -0.2) is 4.79 Å². The number of hydrogen-bond acceptors (Lipinski definition) is 2. The van der Waals surface area contributed by atoms with Crippen molar-refractivity contribution in [1.82, 2.24) is 4.90 Å². The van der Waals surface area contributed by atoms with Gasteiger partial charge in [0, 0.05) is 25.3 Å². The quantitative estimate of drug-likeness (QED) is 0.840. The molecule has 96 valence electrons. The van der Waals surface area contributed by atoms with Gasteiger partial charge in [0.25, 0.3) is 0 Å². The minimum absolute atomic E-state index is 0.0460. The molecule has 0 radical (unpaired) electrons. The van der Waals surface area contributed by atoms with E-state index in [2.05, 4.69) is 18.3 Å². The molecule has 1 aliphatic heterocycles. The molecular formula is C14H19N3O. The standard InChI is InChI=1S/C14H19N3O/c1-8-5-11(8)13(15)9-3-4-12-10(6-9)7-17(2)14(18)16-12/h3-4,6,8,11,13H,5,7,15H2,1-2H3,(H,16,18). The number of urea groups is 1. The summed E-state index contributed by atoms with van der Waals surface area (Å²) >= 11 is 0. The van der Waals surface area contributed by atoms with Crippen LogP contribution in [0.25, 0.3) is 0 Å². The van der Waals surface area contributed by atoms with Gasteiger partial charge in [0.2, 0.25) is 0 Å². The molecule has 1 aromatic rings. The van der Waals surface area contributed by atoms with Gasteiger partial charge in [0.15, 0.2) is 0 Å². The summed E-state index contributed by atoms with van der Waals surface area (Å²) in [4.78, 5) is 13.2. The van der Waals surface area contributed by atoms with Crippen LogP contribution in [0.1, 0.15) is 30.5 Å². The number of carbonyl (C=O) groups is 1. The van der Waals surface area contributed by atoms with Crippen molar-refractivity contribution in [2.75, 3.05) is 12.4 Å². The maximum absolute atomic E-state index is 11.5. The second-order valence-electron chi connectivity index (χ2n) is 5.61. The largest absolute Gasteiger partial charge is 0.324 e. The molecule has 0 saturated heterocycles. The van der Waals surface area contributed by atoms with E-state index < -0.39 is 0 Å². The molecule has 3 atom stereocenters. The molecule has 2 amide bonds. The Hall–Kier alpha value is -1.55. The van der Waals surface area contributed by atoms with E-state index in [0.29, 0.717) is 12.5 Å². The zero-order valence-electron chi connectivity index (χ0n) is 10.8. The van der Waals surface area contributed by atoms with E-state index in [1.165, 1.54) is 12.0 Å². The predicted octanol–water partition coefficient (Wildman–Crippen LogP) is 2.32. The van der Waals surface area contributed by atoms with Crippen LogP contribution in [0, 0.1) is 11.8 Å². The molecule has 1 fully saturated rings. The first-order valence-corrected chi connectivity index (χ1v) is 6.47. The van der Waals surface area contributed by atoms with E-state index in [1.807, 2.05) is 12.1 Å². The van der Waals surface area contributed by atoms with Crippen molar-refractivity contribution in [3.05, 3.63) is 29.3 Å². The number of hydrogen-bond donors (Lipinski definition) is 2. The maximum atomic E-state index is 11.5. The molecule has 4 nitrogen and oxygen atoms in total. The highest BCUT2D eigenvalue weighted by Gasteiger charge is 2.38. The van der Waals surface area contributed by atoms with E-state index in [4.69, 9.17) is 5.73 Å². The van der Waals surface area contributed by atoms with Crippen molar-refractivity contribution in [1.29, 1.82) is 0 Å². The highest BCUT2D eigenvalue weighted by atomic mass is 16.2. The van der Waals surface area contributed by atoms with Crippen molar-refractivity contribution >= 4 is 11.7 Å². The first-order valence-electron chi connectivity index (χ1n) is 6.47. The summed E-state index contributed by atoms with van der Waals surface area (Å²) < 4.78 is 0. The molecule has 3 rings (SSSR count). The summed E-state index contributed by atoms with van der Waals surface area (Å²) in [5, 5.41) is 2.88. The van der Waals surface area contributed by atoms with E-state index in [-0.39, 0.29) is 12.1 Å². The van der Waals surface area contributed by atoms with Crippen LogP contribution >= 0.6 is 0 Å². The van der Waals surface area contributed by atoms with Crippen molar-refractivity contribution in [3.8, 4) is 0 Å². The summed E-state index contributed by atoms with van der Waals surface area (Å²) in [7, 11) is 1.80. The van der Waals surface area contributed by atoms with Gasteiger partial charge in [-0.3, -0.25) is 0 Å². The van der Waals surface area contributed by atoms with Crippen molar-refractivity contribution in [2.24, 2.45) is 17.6 Å². The molecule has 1 heterocycles. The molecule has 0 spiro atoms. The lowest BCUT2D eigenvalue weighted by molar-refractivity contribution is 0.218. The van der Waals surface area contributed by atoms with Crippen molar-refractivity contribution in [3.63, 3.8) is 0 Å². The third-order valence-electron chi connectivity index (χ3n) is 4.14. The number of carbonyl (C=O) groups excluding carboxylic acids is 1. The molecule has 1 aliphatic carbocycles. The Kier molecular flexibility index (Phi) is 2.55. The number of benzene rings is 1. The number of fused-ring (bicyclic) bond motifs is 1. The number of amides is 2. The summed E-state index contributed by atoms with van der Waals surface area (Å²) in [6, 6.07) is 6.24. The Bertz CT molecular complexity index is 500. The molecule has 0 aromatic heterocycles. The van der Waals surface area contributed by atoms with Crippen LogP contribution in [0.3, 0.4) is 0 Å². The SMILES string of the molecule is CC1CC1C(N)c1ccc2c(c1)CN(C)C(=O)N2. The molecule has 18 heavy (non-hydrogen) atoms. The second kappa shape index (κ2) is 3.99. The Morgan fingerprint density at radius 1 is 1.50 bits per heavy atom. The van der Waals surface area contributed by atoms with Crippen molar-refractivity contribution in [2.45, 2.75) is 25.9 Å². The monoisotopic (exact) mass is 245 g/mol. The van der Waals surface area contributed by atoms with Crippen LogP contribution in [0.4, 0.5) is 10.5 Å². The molecule has 0 bridgehead atoms. The van der Waals surface area contributed by atoms with Crippen LogP contribution < -0.4 is 11.1 Å². The van der Waals surface area contributed by atoms with Gasteiger partial charge in [-0.15, -0.1) is 0 Å². The summed E-state index contributed by atoms with van der Waals surface area (Å²) in [5.74, 6) is 1.37. The number of nitrogens with two attached hydrogens (primary N) is 1. The van der Waals surface area contributed by atoms with Gasteiger partial charge in [-0.05, 0) is 35.4 Å². The smallest absolute Gasteiger partial charge is 0.321 e. The molecule has 3 N–H and O–H groups in total. The predicted molar refractivity (Wildman–Crippen MR) is 71.1 cm³/mol. The van der Waals surface area contributed by atoms with Crippen molar-refractivity contribution < 1.29 is 4.79 Å². The highest BCUT2D eigenvalue weighted by Crippen LogP contribution is 2.46. The minimum atomic E-state index is -0.0460. The second-order valence-corrected chi connectivity index (χ2v) is 5.61. The first-order chi connectivity index (χ1) is 8.56. The topological polar surface area (TPSA) is 58.4 Å². The zero-order chi connectivity index (χ0) is 12.9. The maximum Gasteiger partial charge on any atom is 0.321 e. The van der Waals surface area contributed by atoms with Crippen LogP contribution in [-0.4, -0.2) is 18.0 Å². The van der Waals surface area contributed by atoms with Gasteiger partial charge in [-0.1, -0.05) is 19.1 Å². The van der Waals surface area contributed by atoms with Gasteiger partial charge < -0.3 is 16.0 Å². The van der Waals surface area contributed by atoms with E-state index in [9.17, 15) is 4.79 Å². The molecule has 4 heteroatoms. The average Bonchev–Trinajstić information content (AvgIpc) is 3.06. The lowest BCUT2D eigenvalue weighted by Gasteiger charge is -2.27. The Morgan fingerprint density at radius 3 is 2.89 bits per heavy atom. The molecule has 2 aliphatic rings. The van der Waals surface area contributed by atoms with E-state index in [0.717, 1.165) is 17.2 Å². The third kappa shape index (κ3) is 1.86. The Balaban J connectivity index is 1.87. The normalized spacial score (nSPS) is 27.5. The van der Waals surface area contributed by atoms with Gasteiger partial charge in [-0.2, -0.15) is 0 Å². The molecule has 1 saturated carbocycles. The van der Waals surface area contributed by atoms with E-state index in [1.54, 1.807) is 11.9 Å². The fourth-order valence-corrected chi connectivity index (χ4v) is 2.71. The fraction of sp³-hybridized carbons (Fsp3) is 0.500. The minimum Gasteiger partial charge on any atom is -0.324 e. The van der Waals surface area contributed by atoms with Gasteiger partial charge >= 0.3 is 6.03 Å². The first kappa shape index (κ1) is 11.5. The van der Waals surface area contributed by atoms with Crippen LogP contribution in [0.15, 0.2) is 18.2 Å². The van der Waals surface area contributed by atoms with Crippen LogP contribution in [-0.2, 0) is 6.54 Å². The number of rotatable bonds is 2. The number of anilines is 1. The zero-order valence-corrected chi connectivity index (χ0v) is 10.8. The Morgan fingerprint density at radius 2 is 2.22 bits per heavy atom. The fourth-order valence-electron chi connectivity index (χ4n) is 2.71. The van der Waals surface area contributed by atoms with Crippen LogP contribution in [0.5, 0.6) is 0 Å². The van der Waals surface area contributed by atoms with Gasteiger partial charge in [0.05, 0.1) is 0 Å². The summed E-state index contributed by atoms with van der Waals surface area (Å²) in [6.07, 6.45) is 1.23. The summed E-state index contributed by atoms with van der Waals surface area (Å²) in [5.41, 5.74) is 9.54. The average molecular weight is 245 g/mol. The van der Waals surface area contributed by atoms with E-state index >= 15 is 0 Å². The molecule has 3 unspecified atom stereocenters.